The summed E-state index contributed by atoms with van der Waals surface area (Å²) in [5.41, 5.74) is 0. The maximum Gasteiger partial charge on any atom is 0.308 e. The van der Waals surface area contributed by atoms with Crippen molar-refractivity contribution in [2.45, 2.75) is 45.4 Å². The van der Waals surface area contributed by atoms with Gasteiger partial charge in [-0.05, 0) is 19.3 Å². The van der Waals surface area contributed by atoms with E-state index in [0.29, 0.717) is 50.5 Å². The fourth-order valence-electron chi connectivity index (χ4n) is 2.45. The summed E-state index contributed by atoms with van der Waals surface area (Å²) in [5, 5.41) is 12.8. The number of nitrogens with zero attached hydrogens (tertiary/aromatic N) is 3. The minimum atomic E-state index is -0.820. The van der Waals surface area contributed by atoms with Gasteiger partial charge >= 0.3 is 5.97 Å². The van der Waals surface area contributed by atoms with E-state index >= 15 is 0 Å². The van der Waals surface area contributed by atoms with Gasteiger partial charge in [-0.3, -0.25) is 9.59 Å². The highest BCUT2D eigenvalue weighted by Crippen LogP contribution is 2.18. The van der Waals surface area contributed by atoms with Gasteiger partial charge in [0.05, 0.1) is 5.92 Å². The van der Waals surface area contributed by atoms with Gasteiger partial charge in [0.2, 0.25) is 11.8 Å². The van der Waals surface area contributed by atoms with Crippen LogP contribution in [0.2, 0.25) is 0 Å². The normalized spacial score (nSPS) is 18.1. The molecule has 1 aromatic rings. The first-order valence-corrected chi connectivity index (χ1v) is 7.42. The van der Waals surface area contributed by atoms with Crippen molar-refractivity contribution < 1.29 is 19.2 Å². The Bertz CT molecular complexity index is 500. The van der Waals surface area contributed by atoms with Crippen molar-refractivity contribution in [3.63, 3.8) is 0 Å². The number of aryl methyl sites for hydroxylation is 2. The molecule has 1 aliphatic heterocycles. The number of carboxylic acids is 1. The van der Waals surface area contributed by atoms with E-state index in [1.807, 2.05) is 0 Å². The minimum Gasteiger partial charge on any atom is -0.481 e. The lowest BCUT2D eigenvalue weighted by Crippen LogP contribution is -2.29. The van der Waals surface area contributed by atoms with Crippen LogP contribution in [-0.2, 0) is 22.4 Å². The quantitative estimate of drug-likeness (QED) is 0.814. The van der Waals surface area contributed by atoms with Crippen LogP contribution < -0.4 is 0 Å². The molecular weight excluding hydrogens is 274 g/mol. The summed E-state index contributed by atoms with van der Waals surface area (Å²) in [4.78, 5) is 28.7. The highest BCUT2D eigenvalue weighted by atomic mass is 16.5. The van der Waals surface area contributed by atoms with Crippen molar-refractivity contribution in [3.05, 3.63) is 11.7 Å². The Morgan fingerprint density at radius 1 is 1.43 bits per heavy atom. The number of carboxylic acid groups (broad SMARTS) is 1. The molecule has 0 unspecified atom stereocenters. The van der Waals surface area contributed by atoms with E-state index in [-0.39, 0.29) is 5.91 Å². The number of carbonyl (C=O) groups is 2. The molecule has 0 radical (unpaired) electrons. The molecule has 0 bridgehead atoms. The van der Waals surface area contributed by atoms with E-state index in [1.54, 1.807) is 4.90 Å². The molecular formula is C14H21N3O4. The molecule has 0 saturated carbocycles. The third kappa shape index (κ3) is 4.27. The van der Waals surface area contributed by atoms with Gasteiger partial charge in [-0.25, -0.2) is 0 Å². The van der Waals surface area contributed by atoms with Crippen molar-refractivity contribution in [2.75, 3.05) is 13.1 Å². The summed E-state index contributed by atoms with van der Waals surface area (Å²) in [6, 6.07) is 0. The summed E-state index contributed by atoms with van der Waals surface area (Å²) in [5.74, 6) is 0.0481. The highest BCUT2D eigenvalue weighted by Gasteiger charge is 2.30. The lowest BCUT2D eigenvalue weighted by Gasteiger charge is -2.15. The predicted octanol–water partition coefficient (Wildman–Crippen LogP) is 1.28. The summed E-state index contributed by atoms with van der Waals surface area (Å²) in [6.45, 7) is 2.92. The molecule has 1 amide bonds. The molecule has 21 heavy (non-hydrogen) atoms. The number of carbonyl (C=O) groups excluding carboxylic acids is 1. The number of likely N-dealkylation sites (tertiary alicyclic amines) is 1. The maximum atomic E-state index is 12.0. The van der Waals surface area contributed by atoms with Crippen LogP contribution in [0, 0.1) is 5.92 Å². The predicted molar refractivity (Wildman–Crippen MR) is 73.6 cm³/mol. The molecule has 1 aromatic heterocycles. The van der Waals surface area contributed by atoms with Gasteiger partial charge in [-0.15, -0.1) is 0 Å². The third-order valence-electron chi connectivity index (χ3n) is 3.66. The zero-order chi connectivity index (χ0) is 15.2. The molecule has 1 atom stereocenters. The Labute approximate surface area is 123 Å². The first kappa shape index (κ1) is 15.5. The molecule has 2 heterocycles. The summed E-state index contributed by atoms with van der Waals surface area (Å²) in [6.07, 6.45) is 3.92. The minimum absolute atomic E-state index is 0.00652. The highest BCUT2D eigenvalue weighted by molar-refractivity contribution is 5.78. The monoisotopic (exact) mass is 295 g/mol. The second-order valence-electron chi connectivity index (χ2n) is 5.37. The second kappa shape index (κ2) is 7.19. The molecule has 1 saturated heterocycles. The SMILES string of the molecule is CCCc1noc(CCCC(=O)N2CC[C@@H](C(=O)O)C2)n1. The molecule has 0 aliphatic carbocycles. The molecule has 1 fully saturated rings. The van der Waals surface area contributed by atoms with Gasteiger partial charge in [0.1, 0.15) is 0 Å². The molecule has 7 nitrogen and oxygen atoms in total. The molecule has 0 aromatic carbocycles. The van der Waals surface area contributed by atoms with Gasteiger partial charge in [0, 0.05) is 32.4 Å². The second-order valence-corrected chi connectivity index (χ2v) is 5.37. The van der Waals surface area contributed by atoms with Crippen molar-refractivity contribution in [3.8, 4) is 0 Å². The lowest BCUT2D eigenvalue weighted by molar-refractivity contribution is -0.141. The number of hydrogen-bond donors (Lipinski definition) is 1. The van der Waals surface area contributed by atoms with Crippen LogP contribution in [-0.4, -0.2) is 45.1 Å². The van der Waals surface area contributed by atoms with Crippen LogP contribution >= 0.6 is 0 Å². The lowest BCUT2D eigenvalue weighted by atomic mass is 10.1. The van der Waals surface area contributed by atoms with Crippen molar-refractivity contribution >= 4 is 11.9 Å². The van der Waals surface area contributed by atoms with Gasteiger partial charge in [-0.2, -0.15) is 4.98 Å². The molecule has 116 valence electrons. The fraction of sp³-hybridized carbons (Fsp3) is 0.714. The van der Waals surface area contributed by atoms with Crippen molar-refractivity contribution in [1.82, 2.24) is 15.0 Å². The number of hydrogen-bond acceptors (Lipinski definition) is 5. The van der Waals surface area contributed by atoms with E-state index in [4.69, 9.17) is 9.63 Å². The van der Waals surface area contributed by atoms with E-state index < -0.39 is 11.9 Å². The standard InChI is InChI=1S/C14H21N3O4/c1-2-4-11-15-12(21-16-11)5-3-6-13(18)17-8-7-10(9-17)14(19)20/h10H,2-9H2,1H3,(H,19,20)/t10-/m1/s1. The Kier molecular flexibility index (Phi) is 5.30. The Hall–Kier alpha value is -1.92. The number of rotatable bonds is 7. The number of amides is 1. The van der Waals surface area contributed by atoms with Gasteiger partial charge in [0.15, 0.2) is 5.82 Å². The zero-order valence-electron chi connectivity index (χ0n) is 12.2. The molecule has 2 rings (SSSR count). The number of aromatic nitrogens is 2. The molecule has 1 aliphatic rings. The zero-order valence-corrected chi connectivity index (χ0v) is 12.2. The summed E-state index contributed by atoms with van der Waals surface area (Å²) < 4.78 is 5.11. The van der Waals surface area contributed by atoms with Gasteiger partial charge in [0.25, 0.3) is 0 Å². The van der Waals surface area contributed by atoms with Crippen molar-refractivity contribution in [1.29, 1.82) is 0 Å². The van der Waals surface area contributed by atoms with Crippen LogP contribution in [0.5, 0.6) is 0 Å². The van der Waals surface area contributed by atoms with Crippen LogP contribution in [0.3, 0.4) is 0 Å². The van der Waals surface area contributed by atoms with E-state index in [0.717, 1.165) is 12.8 Å². The topological polar surface area (TPSA) is 96.5 Å². The van der Waals surface area contributed by atoms with Crippen LogP contribution in [0.25, 0.3) is 0 Å². The smallest absolute Gasteiger partial charge is 0.308 e. The van der Waals surface area contributed by atoms with E-state index in [2.05, 4.69) is 17.1 Å². The third-order valence-corrected chi connectivity index (χ3v) is 3.66. The summed E-state index contributed by atoms with van der Waals surface area (Å²) in [7, 11) is 0. The van der Waals surface area contributed by atoms with Gasteiger partial charge in [-0.1, -0.05) is 12.1 Å². The largest absolute Gasteiger partial charge is 0.481 e. The van der Waals surface area contributed by atoms with Crippen LogP contribution in [0.4, 0.5) is 0 Å². The average molecular weight is 295 g/mol. The van der Waals surface area contributed by atoms with Crippen molar-refractivity contribution in [2.24, 2.45) is 5.92 Å². The van der Waals surface area contributed by atoms with E-state index in [9.17, 15) is 9.59 Å². The Morgan fingerprint density at radius 3 is 2.90 bits per heavy atom. The Morgan fingerprint density at radius 2 is 2.24 bits per heavy atom. The fourth-order valence-corrected chi connectivity index (χ4v) is 2.45. The van der Waals surface area contributed by atoms with E-state index in [1.165, 1.54) is 0 Å². The van der Waals surface area contributed by atoms with Gasteiger partial charge < -0.3 is 14.5 Å². The van der Waals surface area contributed by atoms with Crippen LogP contribution in [0.1, 0.15) is 44.3 Å². The molecule has 7 heteroatoms. The summed E-state index contributed by atoms with van der Waals surface area (Å²) >= 11 is 0. The molecule has 1 N–H and O–H groups in total. The first-order chi connectivity index (χ1) is 10.1. The average Bonchev–Trinajstić information content (AvgIpc) is 3.08. The Balaban J connectivity index is 1.70. The maximum absolute atomic E-state index is 12.0. The first-order valence-electron chi connectivity index (χ1n) is 7.42. The van der Waals surface area contributed by atoms with Crippen LogP contribution in [0.15, 0.2) is 4.52 Å². The molecule has 0 spiro atoms. The number of aliphatic carboxylic acids is 1.